The molecular weight excluding hydrogens is 210 g/mol. The number of fused-ring (bicyclic) bond motifs is 2. The molecule has 0 saturated carbocycles. The van der Waals surface area contributed by atoms with Gasteiger partial charge in [-0.05, 0) is 42.7 Å². The standard InChI is InChI=1S/C13H15NO.C2H6/c1-14-8-9-6-12(13(14)7-9)10-2-4-11(15)5-3-10;1-2/h2-6,9,13,15H,7-8H2,1H3;1-2H3. The van der Waals surface area contributed by atoms with Gasteiger partial charge in [-0.3, -0.25) is 4.90 Å². The van der Waals surface area contributed by atoms with Crippen molar-refractivity contribution >= 4 is 5.57 Å². The molecule has 1 heterocycles. The lowest BCUT2D eigenvalue weighted by atomic mass is 10.0. The molecule has 2 heteroatoms. The van der Waals surface area contributed by atoms with Crippen LogP contribution in [0, 0.1) is 5.92 Å². The van der Waals surface area contributed by atoms with Gasteiger partial charge in [0.2, 0.25) is 0 Å². The molecule has 0 aromatic heterocycles. The van der Waals surface area contributed by atoms with Crippen molar-refractivity contribution in [2.24, 2.45) is 5.92 Å². The zero-order valence-electron chi connectivity index (χ0n) is 10.9. The summed E-state index contributed by atoms with van der Waals surface area (Å²) >= 11 is 0. The summed E-state index contributed by atoms with van der Waals surface area (Å²) in [6.07, 6.45) is 3.67. The van der Waals surface area contributed by atoms with Crippen LogP contribution < -0.4 is 0 Å². The Morgan fingerprint density at radius 2 is 1.82 bits per heavy atom. The van der Waals surface area contributed by atoms with E-state index >= 15 is 0 Å². The van der Waals surface area contributed by atoms with Gasteiger partial charge in [-0.25, -0.2) is 0 Å². The summed E-state index contributed by atoms with van der Waals surface area (Å²) in [6.45, 7) is 5.20. The number of likely N-dealkylation sites (N-methyl/N-ethyl adjacent to an activating group) is 1. The summed E-state index contributed by atoms with van der Waals surface area (Å²) in [5.74, 6) is 1.08. The van der Waals surface area contributed by atoms with Crippen molar-refractivity contribution in [1.29, 1.82) is 0 Å². The van der Waals surface area contributed by atoms with E-state index in [1.165, 1.54) is 24.1 Å². The Hall–Kier alpha value is -1.28. The number of rotatable bonds is 1. The molecule has 1 fully saturated rings. The molecule has 0 amide bonds. The molecule has 2 atom stereocenters. The highest BCUT2D eigenvalue weighted by atomic mass is 16.3. The van der Waals surface area contributed by atoms with Crippen LogP contribution >= 0.6 is 0 Å². The summed E-state index contributed by atoms with van der Waals surface area (Å²) in [7, 11) is 2.19. The Morgan fingerprint density at radius 1 is 1.18 bits per heavy atom. The predicted octanol–water partition coefficient (Wildman–Crippen LogP) is 3.14. The number of benzene rings is 1. The highest BCUT2D eigenvalue weighted by Crippen LogP contribution is 2.40. The predicted molar refractivity (Wildman–Crippen MR) is 72.0 cm³/mol. The highest BCUT2D eigenvalue weighted by Gasteiger charge is 2.37. The van der Waals surface area contributed by atoms with Gasteiger partial charge in [0.25, 0.3) is 0 Å². The third-order valence-electron chi connectivity index (χ3n) is 3.56. The lowest BCUT2D eigenvalue weighted by Gasteiger charge is -2.24. The van der Waals surface area contributed by atoms with Gasteiger partial charge in [-0.2, -0.15) is 0 Å². The Labute approximate surface area is 104 Å². The Morgan fingerprint density at radius 3 is 2.35 bits per heavy atom. The first kappa shape index (κ1) is 12.2. The molecular formula is C15H21NO. The van der Waals surface area contributed by atoms with E-state index in [4.69, 9.17) is 0 Å². The molecule has 0 spiro atoms. The van der Waals surface area contributed by atoms with E-state index < -0.39 is 0 Å². The average molecular weight is 231 g/mol. The van der Waals surface area contributed by atoms with E-state index in [2.05, 4.69) is 18.0 Å². The lowest BCUT2D eigenvalue weighted by Crippen LogP contribution is -2.27. The summed E-state index contributed by atoms with van der Waals surface area (Å²) in [4.78, 5) is 2.42. The van der Waals surface area contributed by atoms with E-state index in [1.807, 2.05) is 26.0 Å². The van der Waals surface area contributed by atoms with Gasteiger partial charge >= 0.3 is 0 Å². The van der Waals surface area contributed by atoms with Crippen LogP contribution in [0.3, 0.4) is 0 Å². The molecule has 1 aromatic carbocycles. The van der Waals surface area contributed by atoms with Gasteiger partial charge in [0, 0.05) is 12.6 Å². The van der Waals surface area contributed by atoms with Crippen molar-refractivity contribution < 1.29 is 5.11 Å². The van der Waals surface area contributed by atoms with Crippen LogP contribution in [0.15, 0.2) is 30.3 Å². The topological polar surface area (TPSA) is 23.5 Å². The van der Waals surface area contributed by atoms with Crippen LogP contribution in [0.25, 0.3) is 5.57 Å². The van der Waals surface area contributed by atoms with Gasteiger partial charge in [-0.1, -0.05) is 32.1 Å². The van der Waals surface area contributed by atoms with Crippen molar-refractivity contribution in [3.8, 4) is 5.75 Å². The molecule has 2 aliphatic rings. The van der Waals surface area contributed by atoms with Crippen molar-refractivity contribution in [3.63, 3.8) is 0 Å². The van der Waals surface area contributed by atoms with Crippen LogP contribution in [-0.4, -0.2) is 29.6 Å². The molecule has 0 radical (unpaired) electrons. The van der Waals surface area contributed by atoms with Gasteiger partial charge in [0.1, 0.15) is 5.75 Å². The molecule has 2 bridgehead atoms. The van der Waals surface area contributed by atoms with Gasteiger partial charge in [0.15, 0.2) is 0 Å². The third-order valence-corrected chi connectivity index (χ3v) is 3.56. The molecule has 1 saturated heterocycles. The van der Waals surface area contributed by atoms with Crippen LogP contribution in [0.5, 0.6) is 5.75 Å². The van der Waals surface area contributed by atoms with Crippen molar-refractivity contribution in [2.45, 2.75) is 26.3 Å². The number of aromatic hydroxyl groups is 1. The molecule has 1 aliphatic heterocycles. The normalized spacial score (nSPS) is 26.4. The van der Waals surface area contributed by atoms with Gasteiger partial charge < -0.3 is 5.11 Å². The second kappa shape index (κ2) is 4.92. The van der Waals surface area contributed by atoms with Gasteiger partial charge in [0.05, 0.1) is 0 Å². The van der Waals surface area contributed by atoms with E-state index in [9.17, 15) is 5.11 Å². The molecule has 17 heavy (non-hydrogen) atoms. The second-order valence-corrected chi connectivity index (χ2v) is 4.62. The second-order valence-electron chi connectivity index (χ2n) is 4.62. The Kier molecular flexibility index (Phi) is 3.53. The molecule has 3 rings (SSSR count). The number of hydrogen-bond donors (Lipinski definition) is 1. The maximum Gasteiger partial charge on any atom is 0.115 e. The van der Waals surface area contributed by atoms with Crippen molar-refractivity contribution in [2.75, 3.05) is 13.6 Å². The fourth-order valence-corrected chi connectivity index (χ4v) is 2.83. The van der Waals surface area contributed by atoms with Crippen LogP contribution in [0.4, 0.5) is 0 Å². The summed E-state index contributed by atoms with van der Waals surface area (Å²) in [5.41, 5.74) is 2.70. The maximum atomic E-state index is 9.25. The number of nitrogens with zero attached hydrogens (tertiary/aromatic N) is 1. The minimum atomic E-state index is 0.343. The number of phenols is 1. The molecule has 92 valence electrons. The van der Waals surface area contributed by atoms with Crippen LogP contribution in [-0.2, 0) is 0 Å². The third kappa shape index (κ3) is 2.22. The quantitative estimate of drug-likeness (QED) is 0.802. The molecule has 2 nitrogen and oxygen atoms in total. The minimum absolute atomic E-state index is 0.343. The molecule has 2 unspecified atom stereocenters. The van der Waals surface area contributed by atoms with Crippen molar-refractivity contribution in [3.05, 3.63) is 35.9 Å². The molecule has 1 N–H and O–H groups in total. The average Bonchev–Trinajstić information content (AvgIpc) is 2.91. The summed E-state index contributed by atoms with van der Waals surface area (Å²) < 4.78 is 0. The first-order valence-corrected chi connectivity index (χ1v) is 6.45. The number of likely N-dealkylation sites (tertiary alicyclic amines) is 1. The van der Waals surface area contributed by atoms with Crippen LogP contribution in [0.1, 0.15) is 25.8 Å². The SMILES string of the molecule is CC.CN1CC2C=C(c3ccc(O)cc3)C1C2. The van der Waals surface area contributed by atoms with E-state index in [0.717, 1.165) is 5.92 Å². The number of phenolic OH excluding ortho intramolecular Hbond substituents is 1. The molecule has 1 aromatic rings. The number of hydrogen-bond acceptors (Lipinski definition) is 2. The zero-order chi connectivity index (χ0) is 12.4. The summed E-state index contributed by atoms with van der Waals surface area (Å²) in [6, 6.07) is 8.15. The zero-order valence-corrected chi connectivity index (χ0v) is 10.9. The molecule has 1 aliphatic carbocycles. The van der Waals surface area contributed by atoms with Crippen molar-refractivity contribution in [1.82, 2.24) is 4.90 Å². The van der Waals surface area contributed by atoms with E-state index in [1.54, 1.807) is 12.1 Å². The first-order valence-electron chi connectivity index (χ1n) is 6.45. The first-order chi connectivity index (χ1) is 8.24. The lowest BCUT2D eigenvalue weighted by molar-refractivity contribution is 0.353. The van der Waals surface area contributed by atoms with E-state index in [-0.39, 0.29) is 0 Å². The maximum absolute atomic E-state index is 9.25. The minimum Gasteiger partial charge on any atom is -0.508 e. The fraction of sp³-hybridized carbons (Fsp3) is 0.467. The monoisotopic (exact) mass is 231 g/mol. The van der Waals surface area contributed by atoms with Gasteiger partial charge in [-0.15, -0.1) is 0 Å². The Bertz CT molecular complexity index is 407. The smallest absolute Gasteiger partial charge is 0.115 e. The fourth-order valence-electron chi connectivity index (χ4n) is 2.83. The summed E-state index contributed by atoms with van der Waals surface area (Å²) in [5, 5.41) is 9.25. The van der Waals surface area contributed by atoms with Crippen LogP contribution in [0.2, 0.25) is 0 Å². The highest BCUT2D eigenvalue weighted by molar-refractivity contribution is 5.73. The van der Waals surface area contributed by atoms with E-state index in [0.29, 0.717) is 11.8 Å². The Balaban J connectivity index is 0.000000514. The largest absolute Gasteiger partial charge is 0.508 e.